The van der Waals surface area contributed by atoms with Crippen molar-refractivity contribution >= 4 is 17.7 Å². The van der Waals surface area contributed by atoms with Gasteiger partial charge in [0.15, 0.2) is 0 Å². The lowest BCUT2D eigenvalue weighted by Gasteiger charge is -2.20. The molecule has 0 aliphatic carbocycles. The van der Waals surface area contributed by atoms with Crippen molar-refractivity contribution in [3.05, 3.63) is 54.1 Å². The SMILES string of the molecule is COC(=O)[C@@H]1C[C@@H](COc2ccc(-c3ccc(C(=N)N)cc3)cc2)N(C)C1=O. The molecule has 0 bridgehead atoms. The fraction of sp³-hybridized carbons (Fsp3) is 0.286. The molecule has 1 aliphatic heterocycles. The number of amidine groups is 1. The summed E-state index contributed by atoms with van der Waals surface area (Å²) < 4.78 is 10.5. The predicted octanol–water partition coefficient (Wildman–Crippen LogP) is 2.04. The van der Waals surface area contributed by atoms with Crippen LogP contribution in [0.4, 0.5) is 0 Å². The Kier molecular flexibility index (Phi) is 5.63. The number of likely N-dealkylation sites (N-methyl/N-ethyl adjacent to an activating group) is 1. The normalized spacial score (nSPS) is 18.8. The Hall–Kier alpha value is -3.35. The topological polar surface area (TPSA) is 106 Å². The summed E-state index contributed by atoms with van der Waals surface area (Å²) in [4.78, 5) is 25.4. The third-order valence-electron chi connectivity index (χ3n) is 5.01. The maximum atomic E-state index is 12.1. The quantitative estimate of drug-likeness (QED) is 0.345. The zero-order valence-corrected chi connectivity index (χ0v) is 15.8. The Morgan fingerprint density at radius 2 is 1.71 bits per heavy atom. The molecule has 0 aromatic heterocycles. The number of likely N-dealkylation sites (tertiary alicyclic amines) is 1. The van der Waals surface area contributed by atoms with E-state index < -0.39 is 11.9 Å². The summed E-state index contributed by atoms with van der Waals surface area (Å²) in [5.41, 5.74) is 8.19. The summed E-state index contributed by atoms with van der Waals surface area (Å²) in [5, 5.41) is 7.44. The fourth-order valence-corrected chi connectivity index (χ4v) is 3.25. The van der Waals surface area contributed by atoms with Crippen LogP contribution in [0.25, 0.3) is 11.1 Å². The number of carbonyl (C=O) groups is 2. The van der Waals surface area contributed by atoms with Gasteiger partial charge in [-0.05, 0) is 29.7 Å². The van der Waals surface area contributed by atoms with Crippen molar-refractivity contribution < 1.29 is 19.1 Å². The molecule has 0 unspecified atom stereocenters. The largest absolute Gasteiger partial charge is 0.491 e. The van der Waals surface area contributed by atoms with E-state index in [1.54, 1.807) is 11.9 Å². The van der Waals surface area contributed by atoms with Crippen LogP contribution in [0.5, 0.6) is 5.75 Å². The second kappa shape index (κ2) is 8.12. The number of nitrogen functional groups attached to an aromatic ring is 1. The number of methoxy groups -OCH3 is 1. The van der Waals surface area contributed by atoms with E-state index in [4.69, 9.17) is 20.6 Å². The zero-order valence-electron chi connectivity index (χ0n) is 15.8. The van der Waals surface area contributed by atoms with Crippen LogP contribution in [0.3, 0.4) is 0 Å². The monoisotopic (exact) mass is 381 g/mol. The first-order chi connectivity index (χ1) is 13.4. The molecule has 146 valence electrons. The Bertz CT molecular complexity index is 878. The van der Waals surface area contributed by atoms with E-state index >= 15 is 0 Å². The molecule has 1 saturated heterocycles. The van der Waals surface area contributed by atoms with Gasteiger partial charge in [0.05, 0.1) is 13.2 Å². The van der Waals surface area contributed by atoms with E-state index in [1.807, 2.05) is 48.5 Å². The van der Waals surface area contributed by atoms with Crippen LogP contribution in [0.15, 0.2) is 48.5 Å². The summed E-state index contributed by atoms with van der Waals surface area (Å²) in [6.45, 7) is 0.308. The number of esters is 1. The minimum absolute atomic E-state index is 0.0418. The minimum atomic E-state index is -0.746. The van der Waals surface area contributed by atoms with Gasteiger partial charge in [-0.2, -0.15) is 0 Å². The van der Waals surface area contributed by atoms with Gasteiger partial charge >= 0.3 is 5.97 Å². The van der Waals surface area contributed by atoms with Crippen LogP contribution in [-0.2, 0) is 14.3 Å². The highest BCUT2D eigenvalue weighted by atomic mass is 16.5. The molecule has 7 nitrogen and oxygen atoms in total. The maximum Gasteiger partial charge on any atom is 0.318 e. The highest BCUT2D eigenvalue weighted by Crippen LogP contribution is 2.26. The Morgan fingerprint density at radius 3 is 2.25 bits per heavy atom. The molecule has 1 fully saturated rings. The Labute approximate surface area is 163 Å². The van der Waals surface area contributed by atoms with E-state index in [9.17, 15) is 9.59 Å². The molecule has 2 atom stereocenters. The van der Waals surface area contributed by atoms with Crippen LogP contribution in [-0.4, -0.2) is 49.4 Å². The molecule has 2 aromatic rings. The molecule has 0 saturated carbocycles. The minimum Gasteiger partial charge on any atom is -0.491 e. The molecular formula is C21H23N3O4. The first kappa shape index (κ1) is 19.4. The van der Waals surface area contributed by atoms with E-state index in [2.05, 4.69) is 0 Å². The molecule has 1 aliphatic rings. The lowest BCUT2D eigenvalue weighted by molar-refractivity contribution is -0.150. The van der Waals surface area contributed by atoms with Crippen LogP contribution in [0, 0.1) is 11.3 Å². The number of nitrogens with one attached hydrogen (secondary N) is 1. The van der Waals surface area contributed by atoms with Crippen LogP contribution in [0.1, 0.15) is 12.0 Å². The number of benzene rings is 2. The Morgan fingerprint density at radius 1 is 1.14 bits per heavy atom. The van der Waals surface area contributed by atoms with Crippen molar-refractivity contribution in [1.29, 1.82) is 5.41 Å². The van der Waals surface area contributed by atoms with Crippen molar-refractivity contribution in [3.8, 4) is 16.9 Å². The standard InChI is InChI=1S/C21H23N3O4/c1-24-16(11-18(20(24)25)21(26)27-2)12-28-17-9-7-14(8-10-17)13-3-5-15(6-4-13)19(22)23/h3-10,16,18H,11-12H2,1-2H3,(H3,22,23)/t16-,18+/m0/s1. The number of amides is 1. The molecule has 0 radical (unpaired) electrons. The van der Waals surface area contributed by atoms with Gasteiger partial charge in [0.2, 0.25) is 5.91 Å². The fourth-order valence-electron chi connectivity index (χ4n) is 3.25. The average molecular weight is 381 g/mol. The van der Waals surface area contributed by atoms with Gasteiger partial charge in [0, 0.05) is 12.6 Å². The molecule has 28 heavy (non-hydrogen) atoms. The lowest BCUT2D eigenvalue weighted by atomic mass is 10.0. The van der Waals surface area contributed by atoms with E-state index in [0.29, 0.717) is 24.3 Å². The van der Waals surface area contributed by atoms with Crippen LogP contribution < -0.4 is 10.5 Å². The highest BCUT2D eigenvalue weighted by molar-refractivity contribution is 5.99. The highest BCUT2D eigenvalue weighted by Gasteiger charge is 2.42. The smallest absolute Gasteiger partial charge is 0.318 e. The number of hydrogen-bond acceptors (Lipinski definition) is 5. The van der Waals surface area contributed by atoms with Crippen molar-refractivity contribution in [2.45, 2.75) is 12.5 Å². The van der Waals surface area contributed by atoms with Gasteiger partial charge in [-0.25, -0.2) is 0 Å². The number of ether oxygens (including phenoxy) is 2. The van der Waals surface area contributed by atoms with Gasteiger partial charge in [-0.3, -0.25) is 15.0 Å². The third kappa shape index (κ3) is 3.98. The summed E-state index contributed by atoms with van der Waals surface area (Å²) in [5.74, 6) is -0.750. The van der Waals surface area contributed by atoms with Crippen molar-refractivity contribution in [3.63, 3.8) is 0 Å². The molecule has 2 aromatic carbocycles. The predicted molar refractivity (Wildman–Crippen MR) is 105 cm³/mol. The Balaban J connectivity index is 1.61. The second-order valence-corrected chi connectivity index (χ2v) is 6.74. The molecule has 3 N–H and O–H groups in total. The first-order valence-corrected chi connectivity index (χ1v) is 8.93. The lowest BCUT2D eigenvalue weighted by Crippen LogP contribution is -2.34. The van der Waals surface area contributed by atoms with E-state index in [0.717, 1.165) is 11.1 Å². The van der Waals surface area contributed by atoms with Gasteiger partial charge in [0.1, 0.15) is 24.1 Å². The molecule has 3 rings (SSSR count). The van der Waals surface area contributed by atoms with Gasteiger partial charge in [0.25, 0.3) is 0 Å². The van der Waals surface area contributed by atoms with Crippen molar-refractivity contribution in [2.75, 3.05) is 20.8 Å². The molecule has 0 spiro atoms. The number of hydrogen-bond donors (Lipinski definition) is 2. The summed E-state index contributed by atoms with van der Waals surface area (Å²) in [6.07, 6.45) is 0.391. The molecule has 1 amide bonds. The van der Waals surface area contributed by atoms with Crippen molar-refractivity contribution in [1.82, 2.24) is 4.90 Å². The zero-order chi connectivity index (χ0) is 20.3. The van der Waals surface area contributed by atoms with E-state index in [1.165, 1.54) is 7.11 Å². The van der Waals surface area contributed by atoms with Crippen LogP contribution in [0.2, 0.25) is 0 Å². The number of rotatable bonds is 6. The van der Waals surface area contributed by atoms with Gasteiger partial charge in [-0.15, -0.1) is 0 Å². The van der Waals surface area contributed by atoms with Gasteiger partial charge < -0.3 is 20.1 Å². The first-order valence-electron chi connectivity index (χ1n) is 8.93. The van der Waals surface area contributed by atoms with E-state index in [-0.39, 0.29) is 17.8 Å². The molecule has 1 heterocycles. The summed E-state index contributed by atoms with van der Waals surface area (Å²) >= 11 is 0. The third-order valence-corrected chi connectivity index (χ3v) is 5.01. The summed E-state index contributed by atoms with van der Waals surface area (Å²) in [6, 6.07) is 14.9. The van der Waals surface area contributed by atoms with Crippen molar-refractivity contribution in [2.24, 2.45) is 11.7 Å². The van der Waals surface area contributed by atoms with Gasteiger partial charge in [-0.1, -0.05) is 36.4 Å². The number of nitrogens with two attached hydrogens (primary N) is 1. The average Bonchev–Trinajstić information content (AvgIpc) is 3.00. The second-order valence-electron chi connectivity index (χ2n) is 6.74. The maximum absolute atomic E-state index is 12.1. The number of carbonyl (C=O) groups excluding carboxylic acids is 2. The number of nitrogens with zero attached hydrogens (tertiary/aromatic N) is 1. The molecular weight excluding hydrogens is 358 g/mol. The summed E-state index contributed by atoms with van der Waals surface area (Å²) in [7, 11) is 2.96. The van der Waals surface area contributed by atoms with Crippen LogP contribution >= 0.6 is 0 Å². The molecule has 7 heteroatoms.